The summed E-state index contributed by atoms with van der Waals surface area (Å²) >= 11 is 0. The van der Waals surface area contributed by atoms with E-state index in [0.29, 0.717) is 11.6 Å². The van der Waals surface area contributed by atoms with Gasteiger partial charge in [0.25, 0.3) is 0 Å². The number of hydrogen-bond acceptors (Lipinski definition) is 5. The average molecular weight is 257 g/mol. The Morgan fingerprint density at radius 2 is 1.95 bits per heavy atom. The van der Waals surface area contributed by atoms with E-state index in [1.54, 1.807) is 0 Å². The maximum Gasteiger partial charge on any atom is 0.145 e. The van der Waals surface area contributed by atoms with Gasteiger partial charge in [0.2, 0.25) is 0 Å². The van der Waals surface area contributed by atoms with E-state index in [-0.39, 0.29) is 0 Å². The minimum Gasteiger partial charge on any atom is -0.355 e. The van der Waals surface area contributed by atoms with E-state index in [2.05, 4.69) is 39.4 Å². The number of nitrogens with one attached hydrogen (secondary N) is 1. The largest absolute Gasteiger partial charge is 0.355 e. The molecule has 0 atom stereocenters. The van der Waals surface area contributed by atoms with Crippen LogP contribution < -0.4 is 16.2 Å². The molecule has 0 fully saturated rings. The first kappa shape index (κ1) is 13.3. The van der Waals surface area contributed by atoms with E-state index < -0.39 is 0 Å². The van der Waals surface area contributed by atoms with Crippen LogP contribution in [0.4, 0.5) is 11.6 Å². The zero-order chi connectivity index (χ0) is 13.8. The topological polar surface area (TPSA) is 67.1 Å². The normalized spacial score (nSPS) is 10.3. The lowest BCUT2D eigenvalue weighted by Crippen LogP contribution is -2.20. The van der Waals surface area contributed by atoms with Gasteiger partial charge >= 0.3 is 0 Å². The molecule has 0 aliphatic rings. The third kappa shape index (κ3) is 3.20. The summed E-state index contributed by atoms with van der Waals surface area (Å²) < 4.78 is 0. The molecule has 1 heterocycles. The fourth-order valence-electron chi connectivity index (χ4n) is 1.95. The maximum absolute atomic E-state index is 5.41. The fraction of sp³-hybridized carbons (Fsp3) is 0.286. The minimum atomic E-state index is 0.624. The zero-order valence-corrected chi connectivity index (χ0v) is 11.5. The molecule has 2 rings (SSSR count). The molecule has 19 heavy (non-hydrogen) atoms. The molecule has 5 nitrogen and oxygen atoms in total. The van der Waals surface area contributed by atoms with Crippen molar-refractivity contribution >= 4 is 11.6 Å². The highest BCUT2D eigenvalue weighted by atomic mass is 15.3. The van der Waals surface area contributed by atoms with E-state index in [4.69, 9.17) is 5.84 Å². The van der Waals surface area contributed by atoms with Gasteiger partial charge in [-0.1, -0.05) is 24.3 Å². The van der Waals surface area contributed by atoms with Crippen LogP contribution in [0.2, 0.25) is 0 Å². The van der Waals surface area contributed by atoms with Gasteiger partial charge in [-0.15, -0.1) is 0 Å². The molecule has 1 aromatic carbocycles. The van der Waals surface area contributed by atoms with Crippen LogP contribution in [0.25, 0.3) is 0 Å². The highest BCUT2D eigenvalue weighted by Crippen LogP contribution is 2.17. The first-order valence-corrected chi connectivity index (χ1v) is 6.18. The molecule has 0 saturated heterocycles. The number of aromatic nitrogens is 2. The Morgan fingerprint density at radius 3 is 2.63 bits per heavy atom. The molecule has 100 valence electrons. The van der Waals surface area contributed by atoms with Crippen molar-refractivity contribution in [3.05, 3.63) is 47.3 Å². The Hall–Kier alpha value is -2.14. The number of rotatable bonds is 4. The molecule has 2 aromatic rings. The van der Waals surface area contributed by atoms with E-state index in [1.807, 2.05) is 32.2 Å². The fourth-order valence-corrected chi connectivity index (χ4v) is 1.95. The minimum absolute atomic E-state index is 0.624. The number of hydrazine groups is 1. The Morgan fingerprint density at radius 1 is 1.21 bits per heavy atom. The summed E-state index contributed by atoms with van der Waals surface area (Å²) in [6.07, 6.45) is 0. The molecule has 0 spiro atoms. The predicted octanol–water partition coefficient (Wildman–Crippen LogP) is 2.02. The highest BCUT2D eigenvalue weighted by molar-refractivity contribution is 5.49. The first-order valence-electron chi connectivity index (χ1n) is 6.18. The summed E-state index contributed by atoms with van der Waals surface area (Å²) in [7, 11) is 2.01. The lowest BCUT2D eigenvalue weighted by atomic mass is 10.1. The Bertz CT molecular complexity index is 568. The molecule has 0 aliphatic carbocycles. The molecule has 1 aromatic heterocycles. The van der Waals surface area contributed by atoms with Gasteiger partial charge in [-0.25, -0.2) is 15.8 Å². The van der Waals surface area contributed by atoms with Gasteiger partial charge < -0.3 is 10.3 Å². The number of anilines is 2. The SMILES string of the molecule is Cc1nc(NN)cc(N(C)Cc2ccccc2C)n1. The van der Waals surface area contributed by atoms with E-state index in [1.165, 1.54) is 11.1 Å². The lowest BCUT2D eigenvalue weighted by molar-refractivity contribution is 0.873. The number of nitrogens with two attached hydrogens (primary N) is 1. The molecule has 0 amide bonds. The number of nitrogen functional groups attached to an aromatic ring is 1. The van der Waals surface area contributed by atoms with Gasteiger partial charge in [-0.2, -0.15) is 0 Å². The monoisotopic (exact) mass is 257 g/mol. The van der Waals surface area contributed by atoms with Crippen LogP contribution in [0.3, 0.4) is 0 Å². The standard InChI is InChI=1S/C14H19N5/c1-10-6-4-5-7-12(10)9-19(3)14-8-13(18-15)16-11(2)17-14/h4-8H,9,15H2,1-3H3,(H,16,17,18). The van der Waals surface area contributed by atoms with Crippen molar-refractivity contribution in [2.24, 2.45) is 5.84 Å². The van der Waals surface area contributed by atoms with E-state index in [0.717, 1.165) is 12.4 Å². The molecule has 0 aliphatic heterocycles. The third-order valence-corrected chi connectivity index (χ3v) is 3.03. The second-order valence-electron chi connectivity index (χ2n) is 4.59. The second kappa shape index (κ2) is 5.67. The molecule has 3 N–H and O–H groups in total. The molecule has 0 unspecified atom stereocenters. The van der Waals surface area contributed by atoms with Crippen molar-refractivity contribution in [1.29, 1.82) is 0 Å². The van der Waals surface area contributed by atoms with Gasteiger partial charge in [0, 0.05) is 19.7 Å². The van der Waals surface area contributed by atoms with Crippen LogP contribution >= 0.6 is 0 Å². The third-order valence-electron chi connectivity index (χ3n) is 3.03. The zero-order valence-electron chi connectivity index (χ0n) is 11.5. The van der Waals surface area contributed by atoms with E-state index in [9.17, 15) is 0 Å². The van der Waals surface area contributed by atoms with Crippen molar-refractivity contribution in [1.82, 2.24) is 9.97 Å². The smallest absolute Gasteiger partial charge is 0.145 e. The Labute approximate surface area is 113 Å². The molecule has 0 bridgehead atoms. The molecule has 0 saturated carbocycles. The maximum atomic E-state index is 5.41. The summed E-state index contributed by atoms with van der Waals surface area (Å²) in [5, 5.41) is 0. The average Bonchev–Trinajstić information content (AvgIpc) is 2.40. The van der Waals surface area contributed by atoms with Crippen molar-refractivity contribution in [2.75, 3.05) is 17.4 Å². The summed E-state index contributed by atoms with van der Waals surface area (Å²) in [6.45, 7) is 4.76. The summed E-state index contributed by atoms with van der Waals surface area (Å²) in [5.74, 6) is 7.58. The second-order valence-corrected chi connectivity index (χ2v) is 4.59. The van der Waals surface area contributed by atoms with Crippen LogP contribution in [0.5, 0.6) is 0 Å². The number of benzene rings is 1. The van der Waals surface area contributed by atoms with Crippen molar-refractivity contribution < 1.29 is 0 Å². The van der Waals surface area contributed by atoms with Crippen LogP contribution in [0.1, 0.15) is 17.0 Å². The van der Waals surface area contributed by atoms with Crippen LogP contribution in [0.15, 0.2) is 30.3 Å². The highest BCUT2D eigenvalue weighted by Gasteiger charge is 2.08. The van der Waals surface area contributed by atoms with Crippen LogP contribution in [-0.4, -0.2) is 17.0 Å². The molecular formula is C14H19N5. The molecule has 0 radical (unpaired) electrons. The quantitative estimate of drug-likeness (QED) is 0.648. The van der Waals surface area contributed by atoms with Gasteiger partial charge in [-0.3, -0.25) is 0 Å². The molecular weight excluding hydrogens is 238 g/mol. The van der Waals surface area contributed by atoms with Gasteiger partial charge in [0.05, 0.1) is 0 Å². The van der Waals surface area contributed by atoms with Gasteiger partial charge in [0.15, 0.2) is 0 Å². The predicted molar refractivity (Wildman–Crippen MR) is 77.9 cm³/mol. The van der Waals surface area contributed by atoms with E-state index >= 15 is 0 Å². The summed E-state index contributed by atoms with van der Waals surface area (Å²) in [5.41, 5.74) is 5.12. The van der Waals surface area contributed by atoms with Crippen molar-refractivity contribution in [2.45, 2.75) is 20.4 Å². The van der Waals surface area contributed by atoms with Crippen molar-refractivity contribution in [3.8, 4) is 0 Å². The van der Waals surface area contributed by atoms with Crippen molar-refractivity contribution in [3.63, 3.8) is 0 Å². The van der Waals surface area contributed by atoms with Gasteiger partial charge in [-0.05, 0) is 25.0 Å². The van der Waals surface area contributed by atoms with Crippen LogP contribution in [-0.2, 0) is 6.54 Å². The summed E-state index contributed by atoms with van der Waals surface area (Å²) in [4.78, 5) is 10.7. The summed E-state index contributed by atoms with van der Waals surface area (Å²) in [6, 6.07) is 10.2. The lowest BCUT2D eigenvalue weighted by Gasteiger charge is -2.20. The Kier molecular flexibility index (Phi) is 3.97. The number of hydrogen-bond donors (Lipinski definition) is 2. The first-order chi connectivity index (χ1) is 9.10. The number of nitrogens with zero attached hydrogens (tertiary/aromatic N) is 3. The number of aryl methyl sites for hydroxylation is 2. The Balaban J connectivity index is 2.22. The van der Waals surface area contributed by atoms with Gasteiger partial charge in [0.1, 0.15) is 17.5 Å². The van der Waals surface area contributed by atoms with Crippen LogP contribution in [0, 0.1) is 13.8 Å². The molecule has 5 heteroatoms.